The fourth-order valence-electron chi connectivity index (χ4n) is 3.08. The molecule has 0 aromatic heterocycles. The molecule has 0 bridgehead atoms. The molecule has 130 valence electrons. The summed E-state index contributed by atoms with van der Waals surface area (Å²) in [5.41, 5.74) is 0.349. The van der Waals surface area contributed by atoms with Crippen molar-refractivity contribution in [3.8, 4) is 11.5 Å². The number of esters is 1. The normalized spacial score (nSPS) is 17.7. The van der Waals surface area contributed by atoms with Crippen LogP contribution >= 0.6 is 0 Å². The average molecular weight is 333 g/mol. The number of carbonyl (C=O) groups excluding carboxylic acids is 2. The molecule has 0 spiro atoms. The number of hydrogen-bond acceptors (Lipinski definition) is 5. The Hall–Kier alpha value is -2.24. The molecule has 1 heterocycles. The van der Waals surface area contributed by atoms with Gasteiger partial charge in [0.2, 0.25) is 0 Å². The Morgan fingerprint density at radius 2 is 1.75 bits per heavy atom. The van der Waals surface area contributed by atoms with Crippen molar-refractivity contribution in [2.75, 3.05) is 19.8 Å². The van der Waals surface area contributed by atoms with Gasteiger partial charge in [0, 0.05) is 6.04 Å². The second-order valence-corrected chi connectivity index (χ2v) is 6.19. The fourth-order valence-corrected chi connectivity index (χ4v) is 3.08. The number of fused-ring (bicyclic) bond motifs is 1. The summed E-state index contributed by atoms with van der Waals surface area (Å²) in [5.74, 6) is 0.360. The topological polar surface area (TPSA) is 73.9 Å². The highest BCUT2D eigenvalue weighted by molar-refractivity contribution is 5.92. The molecule has 1 aromatic carbocycles. The van der Waals surface area contributed by atoms with E-state index in [4.69, 9.17) is 14.2 Å². The van der Waals surface area contributed by atoms with E-state index in [1.807, 2.05) is 0 Å². The first-order chi connectivity index (χ1) is 11.7. The third-order valence-electron chi connectivity index (χ3n) is 4.33. The molecule has 1 N–H and O–H groups in total. The van der Waals surface area contributed by atoms with Crippen LogP contribution in [0, 0.1) is 0 Å². The van der Waals surface area contributed by atoms with Gasteiger partial charge in [-0.2, -0.15) is 0 Å². The Kier molecular flexibility index (Phi) is 5.56. The monoisotopic (exact) mass is 333 g/mol. The molecule has 1 aromatic rings. The van der Waals surface area contributed by atoms with Gasteiger partial charge in [-0.1, -0.05) is 25.7 Å². The molecule has 2 aliphatic rings. The van der Waals surface area contributed by atoms with E-state index in [0.717, 1.165) is 25.7 Å². The predicted octanol–water partition coefficient (Wildman–Crippen LogP) is 2.45. The lowest BCUT2D eigenvalue weighted by Crippen LogP contribution is -2.37. The Labute approximate surface area is 141 Å². The van der Waals surface area contributed by atoms with Crippen molar-refractivity contribution >= 4 is 11.9 Å². The zero-order chi connectivity index (χ0) is 16.8. The van der Waals surface area contributed by atoms with Crippen molar-refractivity contribution in [2.24, 2.45) is 0 Å². The third-order valence-corrected chi connectivity index (χ3v) is 4.33. The van der Waals surface area contributed by atoms with Crippen LogP contribution in [0.3, 0.4) is 0 Å². The number of rotatable bonds is 4. The molecular formula is C18H23NO5. The highest BCUT2D eigenvalue weighted by Crippen LogP contribution is 2.30. The second kappa shape index (κ2) is 8.04. The number of hydrogen-bond donors (Lipinski definition) is 1. The maximum absolute atomic E-state index is 12.1. The van der Waals surface area contributed by atoms with Gasteiger partial charge in [0.1, 0.15) is 13.2 Å². The molecule has 24 heavy (non-hydrogen) atoms. The maximum atomic E-state index is 12.1. The van der Waals surface area contributed by atoms with Crippen molar-refractivity contribution in [3.05, 3.63) is 23.8 Å². The van der Waals surface area contributed by atoms with E-state index in [0.29, 0.717) is 30.3 Å². The molecule has 0 unspecified atom stereocenters. The molecule has 1 aliphatic heterocycles. The zero-order valence-electron chi connectivity index (χ0n) is 13.7. The van der Waals surface area contributed by atoms with Gasteiger partial charge in [-0.3, -0.25) is 4.79 Å². The van der Waals surface area contributed by atoms with Crippen LogP contribution in [0.4, 0.5) is 0 Å². The molecule has 1 saturated carbocycles. The number of carbonyl (C=O) groups is 2. The first kappa shape index (κ1) is 16.6. The Morgan fingerprint density at radius 3 is 2.50 bits per heavy atom. The van der Waals surface area contributed by atoms with E-state index in [-0.39, 0.29) is 18.6 Å². The lowest BCUT2D eigenvalue weighted by atomic mass is 10.1. The number of nitrogens with one attached hydrogen (secondary N) is 1. The molecule has 0 atom stereocenters. The summed E-state index contributed by atoms with van der Waals surface area (Å²) in [7, 11) is 0. The molecule has 0 saturated heterocycles. The minimum Gasteiger partial charge on any atom is -0.486 e. The van der Waals surface area contributed by atoms with Crippen molar-refractivity contribution in [1.29, 1.82) is 0 Å². The van der Waals surface area contributed by atoms with Crippen LogP contribution in [0.25, 0.3) is 0 Å². The van der Waals surface area contributed by atoms with E-state index in [2.05, 4.69) is 5.32 Å². The van der Waals surface area contributed by atoms with E-state index < -0.39 is 5.97 Å². The zero-order valence-corrected chi connectivity index (χ0v) is 13.7. The van der Waals surface area contributed by atoms with Gasteiger partial charge < -0.3 is 19.5 Å². The summed E-state index contributed by atoms with van der Waals surface area (Å²) in [6, 6.07) is 5.07. The van der Waals surface area contributed by atoms with Gasteiger partial charge in [-0.25, -0.2) is 4.79 Å². The molecule has 1 aliphatic carbocycles. The summed E-state index contributed by atoms with van der Waals surface area (Å²) in [6.07, 6.45) is 6.74. The SMILES string of the molecule is O=C(COC(=O)c1ccc2c(c1)OCCO2)NC1CCCCCC1. The maximum Gasteiger partial charge on any atom is 0.338 e. The lowest BCUT2D eigenvalue weighted by molar-refractivity contribution is -0.125. The number of amides is 1. The first-order valence-electron chi connectivity index (χ1n) is 8.58. The van der Waals surface area contributed by atoms with E-state index in [9.17, 15) is 9.59 Å². The van der Waals surface area contributed by atoms with Crippen LogP contribution in [-0.4, -0.2) is 37.7 Å². The summed E-state index contributed by atoms with van der Waals surface area (Å²) in [4.78, 5) is 24.0. The van der Waals surface area contributed by atoms with Crippen LogP contribution in [0.1, 0.15) is 48.9 Å². The van der Waals surface area contributed by atoms with Crippen LogP contribution in [0.15, 0.2) is 18.2 Å². The highest BCUT2D eigenvalue weighted by atomic mass is 16.6. The Balaban J connectivity index is 1.48. The van der Waals surface area contributed by atoms with Gasteiger partial charge in [-0.15, -0.1) is 0 Å². The predicted molar refractivity (Wildman–Crippen MR) is 87.3 cm³/mol. The largest absolute Gasteiger partial charge is 0.486 e. The van der Waals surface area contributed by atoms with Crippen LogP contribution < -0.4 is 14.8 Å². The molecular weight excluding hydrogens is 310 g/mol. The van der Waals surface area contributed by atoms with Crippen molar-refractivity contribution in [1.82, 2.24) is 5.32 Å². The summed E-state index contributed by atoms with van der Waals surface area (Å²) in [6.45, 7) is 0.692. The lowest BCUT2D eigenvalue weighted by Gasteiger charge is -2.18. The van der Waals surface area contributed by atoms with Gasteiger partial charge in [-0.05, 0) is 31.0 Å². The van der Waals surface area contributed by atoms with Gasteiger partial charge >= 0.3 is 5.97 Å². The van der Waals surface area contributed by atoms with Crippen molar-refractivity contribution in [3.63, 3.8) is 0 Å². The van der Waals surface area contributed by atoms with E-state index in [1.54, 1.807) is 18.2 Å². The fraction of sp³-hybridized carbons (Fsp3) is 0.556. The molecule has 1 fully saturated rings. The standard InChI is InChI=1S/C18H23NO5/c20-17(19-14-5-3-1-2-4-6-14)12-24-18(21)13-7-8-15-16(11-13)23-10-9-22-15/h7-8,11,14H,1-6,9-10,12H2,(H,19,20). The molecule has 6 heteroatoms. The van der Waals surface area contributed by atoms with Gasteiger partial charge in [0.05, 0.1) is 5.56 Å². The third kappa shape index (κ3) is 4.40. The van der Waals surface area contributed by atoms with Crippen LogP contribution in [0.5, 0.6) is 11.5 Å². The van der Waals surface area contributed by atoms with Crippen molar-refractivity contribution in [2.45, 2.75) is 44.6 Å². The van der Waals surface area contributed by atoms with Crippen LogP contribution in [-0.2, 0) is 9.53 Å². The second-order valence-electron chi connectivity index (χ2n) is 6.19. The first-order valence-corrected chi connectivity index (χ1v) is 8.58. The van der Waals surface area contributed by atoms with Gasteiger partial charge in [0.15, 0.2) is 18.1 Å². The quantitative estimate of drug-likeness (QED) is 0.677. The van der Waals surface area contributed by atoms with Crippen molar-refractivity contribution < 1.29 is 23.8 Å². The van der Waals surface area contributed by atoms with E-state index >= 15 is 0 Å². The summed E-state index contributed by atoms with van der Waals surface area (Å²) in [5, 5.41) is 2.95. The molecule has 1 amide bonds. The molecule has 3 rings (SSSR count). The van der Waals surface area contributed by atoms with E-state index in [1.165, 1.54) is 12.8 Å². The Bertz CT molecular complexity index is 593. The summed E-state index contributed by atoms with van der Waals surface area (Å²) < 4.78 is 16.0. The van der Waals surface area contributed by atoms with Gasteiger partial charge in [0.25, 0.3) is 5.91 Å². The minimum atomic E-state index is -0.539. The minimum absolute atomic E-state index is 0.202. The average Bonchev–Trinajstić information content (AvgIpc) is 2.88. The number of ether oxygens (including phenoxy) is 3. The number of benzene rings is 1. The smallest absolute Gasteiger partial charge is 0.338 e. The highest BCUT2D eigenvalue weighted by Gasteiger charge is 2.18. The molecule has 6 nitrogen and oxygen atoms in total. The molecule has 0 radical (unpaired) electrons. The Morgan fingerprint density at radius 1 is 1.04 bits per heavy atom. The van der Waals surface area contributed by atoms with Crippen LogP contribution in [0.2, 0.25) is 0 Å². The summed E-state index contributed by atoms with van der Waals surface area (Å²) >= 11 is 0.